The van der Waals surface area contributed by atoms with Crippen LogP contribution in [0.25, 0.3) is 5.65 Å². The van der Waals surface area contributed by atoms with E-state index >= 15 is 0 Å². The number of halogens is 2. The van der Waals surface area contributed by atoms with Crippen LogP contribution in [-0.2, 0) is 0 Å². The minimum atomic E-state index is -0.532. The lowest BCUT2D eigenvalue weighted by Crippen LogP contribution is -2.43. The molecule has 2 atom stereocenters. The number of fused-ring (bicyclic) bond motifs is 1. The number of aliphatic hydroxyl groups excluding tert-OH is 1. The SMILES string of the molecule is C[C@@H](Nc1ccn2ncc(NC(=O)N3CCCC(CO)C3)c2n1)c1cc(F)ccc1F. The lowest BCUT2D eigenvalue weighted by atomic mass is 9.99. The molecule has 31 heavy (non-hydrogen) atoms. The van der Waals surface area contributed by atoms with E-state index in [9.17, 15) is 18.7 Å². The number of hydrogen-bond acceptors (Lipinski definition) is 5. The number of urea groups is 1. The molecule has 3 aromatic rings. The zero-order valence-electron chi connectivity index (χ0n) is 17.1. The standard InChI is InChI=1S/C21H24F2N6O2/c1-13(16-9-15(22)4-5-17(16)23)25-19-6-8-29-20(27-19)18(10-24-29)26-21(31)28-7-2-3-14(11-28)12-30/h4-6,8-10,13-14,30H,2-3,7,11-12H2,1H3,(H,25,27)(H,26,31)/t13-,14?/m1/s1. The Morgan fingerprint density at radius 3 is 3.00 bits per heavy atom. The van der Waals surface area contributed by atoms with Gasteiger partial charge in [-0.15, -0.1) is 0 Å². The van der Waals surface area contributed by atoms with Crippen LogP contribution in [0, 0.1) is 17.6 Å². The van der Waals surface area contributed by atoms with E-state index in [1.54, 1.807) is 24.1 Å². The molecule has 0 spiro atoms. The number of anilines is 2. The average Bonchev–Trinajstić information content (AvgIpc) is 3.17. The minimum Gasteiger partial charge on any atom is -0.396 e. The second kappa shape index (κ2) is 8.84. The largest absolute Gasteiger partial charge is 0.396 e. The Labute approximate surface area is 177 Å². The Hall–Kier alpha value is -3.27. The Bertz CT molecular complexity index is 1090. The molecule has 8 nitrogen and oxygen atoms in total. The van der Waals surface area contributed by atoms with Crippen LogP contribution >= 0.6 is 0 Å². The molecule has 2 aromatic heterocycles. The highest BCUT2D eigenvalue weighted by molar-refractivity contribution is 5.93. The smallest absolute Gasteiger partial charge is 0.322 e. The van der Waals surface area contributed by atoms with Crippen molar-refractivity contribution in [1.29, 1.82) is 0 Å². The maximum atomic E-state index is 14.1. The van der Waals surface area contributed by atoms with Crippen molar-refractivity contribution in [2.75, 3.05) is 30.3 Å². The van der Waals surface area contributed by atoms with Crippen LogP contribution in [0.15, 0.2) is 36.7 Å². The van der Waals surface area contributed by atoms with Gasteiger partial charge in [0.05, 0.1) is 12.2 Å². The highest BCUT2D eigenvalue weighted by atomic mass is 19.1. The van der Waals surface area contributed by atoms with Crippen molar-refractivity contribution in [1.82, 2.24) is 19.5 Å². The molecule has 0 saturated carbocycles. The molecular formula is C21H24F2N6O2. The van der Waals surface area contributed by atoms with Gasteiger partial charge in [0.25, 0.3) is 0 Å². The molecule has 1 aliphatic rings. The third-order valence-corrected chi connectivity index (χ3v) is 5.46. The predicted molar refractivity (Wildman–Crippen MR) is 112 cm³/mol. The molecule has 1 saturated heterocycles. The average molecular weight is 430 g/mol. The van der Waals surface area contributed by atoms with E-state index < -0.39 is 17.7 Å². The number of carbonyl (C=O) groups is 1. The van der Waals surface area contributed by atoms with Gasteiger partial charge in [-0.3, -0.25) is 0 Å². The molecule has 0 bridgehead atoms. The number of carbonyl (C=O) groups excluding carboxylic acids is 1. The van der Waals surface area contributed by atoms with Gasteiger partial charge in [0.1, 0.15) is 23.1 Å². The topological polar surface area (TPSA) is 94.8 Å². The number of likely N-dealkylation sites (tertiary alicyclic amines) is 1. The second-order valence-corrected chi connectivity index (χ2v) is 7.74. The van der Waals surface area contributed by atoms with Gasteiger partial charge in [-0.25, -0.2) is 23.1 Å². The van der Waals surface area contributed by atoms with E-state index in [1.165, 1.54) is 10.7 Å². The Morgan fingerprint density at radius 1 is 1.35 bits per heavy atom. The normalized spacial score (nSPS) is 17.5. The third-order valence-electron chi connectivity index (χ3n) is 5.46. The first-order valence-corrected chi connectivity index (χ1v) is 10.2. The number of nitrogens with one attached hydrogen (secondary N) is 2. The van der Waals surface area contributed by atoms with Gasteiger partial charge in [-0.05, 0) is 49.9 Å². The van der Waals surface area contributed by atoms with Crippen molar-refractivity contribution in [3.8, 4) is 0 Å². The minimum absolute atomic E-state index is 0.0567. The van der Waals surface area contributed by atoms with Crippen molar-refractivity contribution in [2.45, 2.75) is 25.8 Å². The van der Waals surface area contributed by atoms with Gasteiger partial charge in [-0.2, -0.15) is 5.10 Å². The fourth-order valence-electron chi connectivity index (χ4n) is 3.78. The number of hydrogen-bond donors (Lipinski definition) is 3. The van der Waals surface area contributed by atoms with E-state index in [0.29, 0.717) is 30.2 Å². The summed E-state index contributed by atoms with van der Waals surface area (Å²) >= 11 is 0. The molecule has 164 valence electrons. The summed E-state index contributed by atoms with van der Waals surface area (Å²) in [7, 11) is 0. The number of amides is 2. The van der Waals surface area contributed by atoms with E-state index in [4.69, 9.17) is 0 Å². The number of aliphatic hydroxyl groups is 1. The van der Waals surface area contributed by atoms with Crippen molar-refractivity contribution in [3.63, 3.8) is 0 Å². The Balaban J connectivity index is 1.51. The third kappa shape index (κ3) is 4.58. The molecule has 1 aromatic carbocycles. The summed E-state index contributed by atoms with van der Waals surface area (Å²) in [5.74, 6) is -0.516. The van der Waals surface area contributed by atoms with Gasteiger partial charge in [0.15, 0.2) is 5.65 Å². The van der Waals surface area contributed by atoms with Gasteiger partial charge in [0, 0.05) is 31.5 Å². The van der Waals surface area contributed by atoms with Crippen LogP contribution in [0.1, 0.15) is 31.4 Å². The van der Waals surface area contributed by atoms with Crippen molar-refractivity contribution >= 4 is 23.2 Å². The molecule has 1 fully saturated rings. The fraction of sp³-hybridized carbons (Fsp3) is 0.381. The molecule has 0 radical (unpaired) electrons. The summed E-state index contributed by atoms with van der Waals surface area (Å²) < 4.78 is 29.1. The van der Waals surface area contributed by atoms with Crippen LogP contribution in [-0.4, -0.2) is 50.3 Å². The number of rotatable bonds is 5. The number of benzene rings is 1. The summed E-state index contributed by atoms with van der Waals surface area (Å²) in [6.45, 7) is 2.88. The van der Waals surface area contributed by atoms with Crippen LogP contribution in [0.4, 0.5) is 25.1 Å². The summed E-state index contributed by atoms with van der Waals surface area (Å²) in [5.41, 5.74) is 1.04. The maximum absolute atomic E-state index is 14.1. The summed E-state index contributed by atoms with van der Waals surface area (Å²) in [4.78, 5) is 18.8. The molecule has 10 heteroatoms. The molecule has 2 amide bonds. The van der Waals surface area contributed by atoms with Gasteiger partial charge in [-0.1, -0.05) is 0 Å². The summed E-state index contributed by atoms with van der Waals surface area (Å²) in [6.07, 6.45) is 4.91. The molecule has 1 unspecified atom stereocenters. The van der Waals surface area contributed by atoms with E-state index in [0.717, 1.165) is 31.0 Å². The van der Waals surface area contributed by atoms with E-state index in [1.807, 2.05) is 0 Å². The van der Waals surface area contributed by atoms with E-state index in [2.05, 4.69) is 20.7 Å². The monoisotopic (exact) mass is 430 g/mol. The number of nitrogens with zero attached hydrogens (tertiary/aromatic N) is 4. The van der Waals surface area contributed by atoms with Crippen LogP contribution < -0.4 is 10.6 Å². The van der Waals surface area contributed by atoms with Gasteiger partial charge in [0.2, 0.25) is 0 Å². The summed E-state index contributed by atoms with van der Waals surface area (Å²) in [6, 6.07) is 4.16. The van der Waals surface area contributed by atoms with Crippen molar-refractivity contribution < 1.29 is 18.7 Å². The fourth-order valence-corrected chi connectivity index (χ4v) is 3.78. The lowest BCUT2D eigenvalue weighted by Gasteiger charge is -2.31. The first-order valence-electron chi connectivity index (χ1n) is 10.2. The van der Waals surface area contributed by atoms with Gasteiger partial charge >= 0.3 is 6.03 Å². The second-order valence-electron chi connectivity index (χ2n) is 7.74. The van der Waals surface area contributed by atoms with Crippen LogP contribution in [0.3, 0.4) is 0 Å². The summed E-state index contributed by atoms with van der Waals surface area (Å²) in [5, 5.41) is 19.5. The zero-order valence-corrected chi connectivity index (χ0v) is 17.1. The molecule has 1 aliphatic heterocycles. The van der Waals surface area contributed by atoms with E-state index in [-0.39, 0.29) is 24.1 Å². The first kappa shape index (κ1) is 21.0. The van der Waals surface area contributed by atoms with Crippen LogP contribution in [0.2, 0.25) is 0 Å². The first-order chi connectivity index (χ1) is 14.9. The number of piperidine rings is 1. The van der Waals surface area contributed by atoms with Crippen molar-refractivity contribution in [2.24, 2.45) is 5.92 Å². The van der Waals surface area contributed by atoms with Crippen molar-refractivity contribution in [3.05, 3.63) is 53.9 Å². The zero-order chi connectivity index (χ0) is 22.0. The van der Waals surface area contributed by atoms with Crippen LogP contribution in [0.5, 0.6) is 0 Å². The Morgan fingerprint density at radius 2 is 2.19 bits per heavy atom. The maximum Gasteiger partial charge on any atom is 0.322 e. The molecule has 0 aliphatic carbocycles. The molecule has 4 rings (SSSR count). The quantitative estimate of drug-likeness (QED) is 0.577. The highest BCUT2D eigenvalue weighted by Gasteiger charge is 2.24. The lowest BCUT2D eigenvalue weighted by molar-refractivity contribution is 0.136. The molecule has 3 heterocycles. The molecule has 3 N–H and O–H groups in total. The predicted octanol–water partition coefficient (Wildman–Crippen LogP) is 3.42. The Kier molecular flexibility index (Phi) is 5.99. The number of aromatic nitrogens is 3. The molecular weight excluding hydrogens is 406 g/mol. The van der Waals surface area contributed by atoms with Gasteiger partial charge < -0.3 is 20.6 Å². The highest BCUT2D eigenvalue weighted by Crippen LogP contribution is 2.24.